The Morgan fingerprint density at radius 1 is 1.24 bits per heavy atom. The van der Waals surface area contributed by atoms with E-state index in [2.05, 4.69) is 4.90 Å². The number of methoxy groups -OCH3 is 1. The third kappa shape index (κ3) is 6.03. The Balaban J connectivity index is 1.53. The lowest BCUT2D eigenvalue weighted by Gasteiger charge is -2.31. The van der Waals surface area contributed by atoms with Crippen LogP contribution in [0.1, 0.15) is 22.9 Å². The summed E-state index contributed by atoms with van der Waals surface area (Å²) in [6.45, 7) is 3.94. The highest BCUT2D eigenvalue weighted by Crippen LogP contribution is 2.37. The number of hydrogen-bond donors (Lipinski definition) is 0. The molecule has 0 N–H and O–H groups in total. The van der Waals surface area contributed by atoms with E-state index in [1.54, 1.807) is 16.2 Å². The van der Waals surface area contributed by atoms with Crippen LogP contribution in [0.2, 0.25) is 5.02 Å². The van der Waals surface area contributed by atoms with Crippen LogP contribution in [0.5, 0.6) is 0 Å². The van der Waals surface area contributed by atoms with Crippen molar-refractivity contribution in [2.24, 2.45) is 5.10 Å². The van der Waals surface area contributed by atoms with Gasteiger partial charge in [-0.15, -0.1) is 11.3 Å². The van der Waals surface area contributed by atoms with Gasteiger partial charge in [0.15, 0.2) is 0 Å². The maximum Gasteiger partial charge on any atom is 0.262 e. The molecule has 182 valence electrons. The van der Waals surface area contributed by atoms with Crippen molar-refractivity contribution in [3.05, 3.63) is 57.2 Å². The zero-order valence-corrected chi connectivity index (χ0v) is 20.8. The number of carbonyl (C=O) groups excluding carboxylic acids is 2. The van der Waals surface area contributed by atoms with E-state index < -0.39 is 0 Å². The molecule has 2 amide bonds. The van der Waals surface area contributed by atoms with Crippen LogP contribution in [0.3, 0.4) is 0 Å². The standard InChI is InChI=1S/C24H29ClN4O4S/c1-32-17-24(31)28(9-8-27-10-12-33-13-11-27)16-23(30)29-21(18-5-2-3-6-19(18)25)15-20(26-29)22-7-4-14-34-22/h2-7,14,21H,8-13,15-17H2,1H3. The first-order valence-corrected chi connectivity index (χ1v) is 12.6. The topological polar surface area (TPSA) is 74.7 Å². The molecule has 0 aliphatic carbocycles. The van der Waals surface area contributed by atoms with Crippen LogP contribution in [0.25, 0.3) is 0 Å². The summed E-state index contributed by atoms with van der Waals surface area (Å²) in [6.07, 6.45) is 0.565. The molecule has 4 rings (SSSR count). The fraction of sp³-hybridized carbons (Fsp3) is 0.458. The van der Waals surface area contributed by atoms with E-state index in [0.717, 1.165) is 29.2 Å². The number of carbonyl (C=O) groups is 2. The molecule has 2 aliphatic heterocycles. The van der Waals surface area contributed by atoms with Crippen molar-refractivity contribution in [2.75, 3.05) is 59.7 Å². The SMILES string of the molecule is COCC(=O)N(CCN1CCOCC1)CC(=O)N1N=C(c2cccs2)CC1c1ccccc1Cl. The Morgan fingerprint density at radius 2 is 2.03 bits per heavy atom. The van der Waals surface area contributed by atoms with E-state index in [4.69, 9.17) is 26.2 Å². The molecule has 1 aromatic carbocycles. The first-order chi connectivity index (χ1) is 16.6. The number of morpholine rings is 1. The Labute approximate surface area is 208 Å². The molecule has 1 fully saturated rings. The Morgan fingerprint density at radius 3 is 2.74 bits per heavy atom. The Hall–Kier alpha value is -2.30. The highest BCUT2D eigenvalue weighted by atomic mass is 35.5. The van der Waals surface area contributed by atoms with Crippen molar-refractivity contribution >= 4 is 40.5 Å². The first-order valence-electron chi connectivity index (χ1n) is 11.3. The quantitative estimate of drug-likeness (QED) is 0.525. The molecule has 1 unspecified atom stereocenters. The van der Waals surface area contributed by atoms with E-state index in [1.165, 1.54) is 12.1 Å². The van der Waals surface area contributed by atoms with Crippen LogP contribution >= 0.6 is 22.9 Å². The summed E-state index contributed by atoms with van der Waals surface area (Å²) in [5.74, 6) is -0.469. The molecule has 0 saturated carbocycles. The van der Waals surface area contributed by atoms with Gasteiger partial charge in [-0.25, -0.2) is 5.01 Å². The van der Waals surface area contributed by atoms with Gasteiger partial charge in [-0.05, 0) is 23.1 Å². The lowest BCUT2D eigenvalue weighted by Crippen LogP contribution is -2.47. The zero-order chi connectivity index (χ0) is 23.9. The summed E-state index contributed by atoms with van der Waals surface area (Å²) in [5, 5.41) is 8.77. The van der Waals surface area contributed by atoms with Crippen LogP contribution in [-0.4, -0.2) is 92.0 Å². The van der Waals surface area contributed by atoms with Crippen LogP contribution in [0, 0.1) is 0 Å². The fourth-order valence-electron chi connectivity index (χ4n) is 4.15. The van der Waals surface area contributed by atoms with Gasteiger partial charge >= 0.3 is 0 Å². The molecule has 2 aliphatic rings. The maximum absolute atomic E-state index is 13.5. The van der Waals surface area contributed by atoms with Crippen LogP contribution in [-0.2, 0) is 19.1 Å². The van der Waals surface area contributed by atoms with Gasteiger partial charge < -0.3 is 14.4 Å². The van der Waals surface area contributed by atoms with E-state index in [0.29, 0.717) is 37.7 Å². The van der Waals surface area contributed by atoms with Gasteiger partial charge in [0.25, 0.3) is 5.91 Å². The number of thiophene rings is 1. The summed E-state index contributed by atoms with van der Waals surface area (Å²) in [6, 6.07) is 11.2. The monoisotopic (exact) mass is 504 g/mol. The zero-order valence-electron chi connectivity index (χ0n) is 19.2. The second kappa shape index (κ2) is 11.9. The van der Waals surface area contributed by atoms with Crippen molar-refractivity contribution in [3.8, 4) is 0 Å². The number of hydrazone groups is 1. The smallest absolute Gasteiger partial charge is 0.262 e. The molecule has 10 heteroatoms. The molecule has 0 radical (unpaired) electrons. The predicted molar refractivity (Wildman–Crippen MR) is 132 cm³/mol. The lowest BCUT2D eigenvalue weighted by molar-refractivity contribution is -0.143. The van der Waals surface area contributed by atoms with Gasteiger partial charge in [0.2, 0.25) is 5.91 Å². The highest BCUT2D eigenvalue weighted by molar-refractivity contribution is 7.12. The van der Waals surface area contributed by atoms with Gasteiger partial charge in [-0.1, -0.05) is 35.9 Å². The minimum atomic E-state index is -0.322. The fourth-order valence-corrected chi connectivity index (χ4v) is 5.13. The second-order valence-electron chi connectivity index (χ2n) is 8.21. The summed E-state index contributed by atoms with van der Waals surface area (Å²) >= 11 is 8.08. The van der Waals surface area contributed by atoms with E-state index >= 15 is 0 Å². The molecule has 1 saturated heterocycles. The van der Waals surface area contributed by atoms with E-state index in [1.807, 2.05) is 41.8 Å². The Bertz CT molecular complexity index is 1010. The largest absolute Gasteiger partial charge is 0.379 e. The molecular weight excluding hydrogens is 476 g/mol. The number of benzene rings is 1. The van der Waals surface area contributed by atoms with Crippen molar-refractivity contribution in [2.45, 2.75) is 12.5 Å². The average molecular weight is 505 g/mol. The third-order valence-corrected chi connectivity index (χ3v) is 7.24. The lowest BCUT2D eigenvalue weighted by atomic mass is 10.0. The number of amides is 2. The van der Waals surface area contributed by atoms with Crippen molar-refractivity contribution in [1.82, 2.24) is 14.8 Å². The van der Waals surface area contributed by atoms with Crippen LogP contribution in [0.4, 0.5) is 0 Å². The maximum atomic E-state index is 13.5. The molecule has 34 heavy (non-hydrogen) atoms. The van der Waals surface area contributed by atoms with E-state index in [9.17, 15) is 9.59 Å². The first kappa shape index (κ1) is 24.8. The van der Waals surface area contributed by atoms with Crippen molar-refractivity contribution in [3.63, 3.8) is 0 Å². The molecule has 2 aromatic rings. The normalized spacial score (nSPS) is 18.7. The molecule has 1 atom stereocenters. The third-order valence-electron chi connectivity index (χ3n) is 5.97. The van der Waals surface area contributed by atoms with E-state index in [-0.39, 0.29) is 31.0 Å². The number of ether oxygens (including phenoxy) is 2. The van der Waals surface area contributed by atoms with Crippen molar-refractivity contribution in [1.29, 1.82) is 0 Å². The summed E-state index contributed by atoms with van der Waals surface area (Å²) in [4.78, 5) is 31.1. The van der Waals surface area contributed by atoms with Gasteiger partial charge in [0.1, 0.15) is 13.2 Å². The average Bonchev–Trinajstić information content (AvgIpc) is 3.53. The Kier molecular flexibility index (Phi) is 8.69. The second-order valence-corrected chi connectivity index (χ2v) is 9.56. The van der Waals surface area contributed by atoms with Crippen molar-refractivity contribution < 1.29 is 19.1 Å². The summed E-state index contributed by atoms with van der Waals surface area (Å²) in [5.41, 5.74) is 1.69. The van der Waals surface area contributed by atoms with Gasteiger partial charge in [0.05, 0.1) is 29.8 Å². The molecule has 3 heterocycles. The molecule has 8 nitrogen and oxygen atoms in total. The van der Waals surface area contributed by atoms with Gasteiger partial charge in [-0.3, -0.25) is 14.5 Å². The summed E-state index contributed by atoms with van der Waals surface area (Å²) < 4.78 is 10.5. The predicted octanol–water partition coefficient (Wildman–Crippen LogP) is 2.89. The minimum Gasteiger partial charge on any atom is -0.379 e. The summed E-state index contributed by atoms with van der Waals surface area (Å²) in [7, 11) is 1.48. The number of rotatable bonds is 9. The van der Waals surface area contributed by atoms with Crippen LogP contribution in [0.15, 0.2) is 46.9 Å². The highest BCUT2D eigenvalue weighted by Gasteiger charge is 2.35. The van der Waals surface area contributed by atoms with Crippen LogP contribution < -0.4 is 0 Å². The minimum absolute atomic E-state index is 0.0747. The number of halogens is 1. The number of hydrogen-bond acceptors (Lipinski definition) is 7. The molecular formula is C24H29ClN4O4S. The van der Waals surface area contributed by atoms with Gasteiger partial charge in [0, 0.05) is 44.7 Å². The number of nitrogens with zero attached hydrogens (tertiary/aromatic N) is 4. The molecule has 1 aromatic heterocycles. The van der Waals surface area contributed by atoms with Gasteiger partial charge in [-0.2, -0.15) is 5.10 Å². The molecule has 0 bridgehead atoms. The molecule has 0 spiro atoms.